The molecular weight excluding hydrogens is 200 g/mol. The van der Waals surface area contributed by atoms with E-state index in [1.54, 1.807) is 0 Å². The van der Waals surface area contributed by atoms with Crippen molar-refractivity contribution >= 4 is 27.7 Å². The van der Waals surface area contributed by atoms with Crippen LogP contribution in [0.3, 0.4) is 0 Å². The number of hydrogen-bond acceptors (Lipinski definition) is 2. The summed E-state index contributed by atoms with van der Waals surface area (Å²) in [6.07, 6.45) is 3.29. The van der Waals surface area contributed by atoms with Crippen LogP contribution in [0.1, 0.15) is 6.42 Å². The Bertz CT molecular complexity index is 46.3. The molecule has 3 heteroatoms. The molecule has 0 aromatic heterocycles. The molecule has 0 atom stereocenters. The van der Waals surface area contributed by atoms with Gasteiger partial charge in [0.1, 0.15) is 0 Å². The fraction of sp³-hybridized carbons (Fsp3) is 1.00. The van der Waals surface area contributed by atoms with Gasteiger partial charge in [-0.15, -0.1) is 0 Å². The van der Waals surface area contributed by atoms with Crippen molar-refractivity contribution in [1.82, 2.24) is 0 Å². The molecular formula is C6H13BrOS. The van der Waals surface area contributed by atoms with Gasteiger partial charge in [-0.05, 0) is 18.4 Å². The van der Waals surface area contributed by atoms with Gasteiger partial charge >= 0.3 is 0 Å². The molecule has 56 valence electrons. The van der Waals surface area contributed by atoms with Crippen molar-refractivity contribution in [2.45, 2.75) is 6.42 Å². The normalized spacial score (nSPS) is 10.0. The molecule has 0 saturated heterocycles. The molecule has 0 saturated carbocycles. The van der Waals surface area contributed by atoms with Gasteiger partial charge in [-0.2, -0.15) is 11.8 Å². The summed E-state index contributed by atoms with van der Waals surface area (Å²) in [5.74, 6) is 1.21. The van der Waals surface area contributed by atoms with Crippen molar-refractivity contribution < 1.29 is 4.74 Å². The van der Waals surface area contributed by atoms with Gasteiger partial charge < -0.3 is 4.74 Å². The fourth-order valence-corrected chi connectivity index (χ4v) is 1.10. The zero-order valence-corrected chi connectivity index (χ0v) is 8.13. The molecule has 0 aromatic rings. The Kier molecular flexibility index (Phi) is 9.56. The summed E-state index contributed by atoms with van der Waals surface area (Å²) in [6, 6.07) is 0. The Labute approximate surface area is 69.7 Å². The van der Waals surface area contributed by atoms with E-state index >= 15 is 0 Å². The fourth-order valence-electron chi connectivity index (χ4n) is 0.462. The second kappa shape index (κ2) is 8.79. The number of ether oxygens (including phenoxy) is 1. The van der Waals surface area contributed by atoms with Crippen LogP contribution >= 0.6 is 27.7 Å². The van der Waals surface area contributed by atoms with Gasteiger partial charge in [0.25, 0.3) is 0 Å². The lowest BCUT2D eigenvalue weighted by Crippen LogP contribution is -1.98. The molecule has 0 bridgehead atoms. The lowest BCUT2D eigenvalue weighted by molar-refractivity contribution is 0.152. The number of alkyl halides is 1. The van der Waals surface area contributed by atoms with Crippen LogP contribution in [-0.2, 0) is 4.74 Å². The molecule has 0 fully saturated rings. The number of rotatable bonds is 6. The van der Waals surface area contributed by atoms with Crippen LogP contribution in [0.4, 0.5) is 0 Å². The highest BCUT2D eigenvalue weighted by Crippen LogP contribution is 1.95. The van der Waals surface area contributed by atoms with Crippen molar-refractivity contribution in [3.8, 4) is 0 Å². The van der Waals surface area contributed by atoms with Gasteiger partial charge in [0.2, 0.25) is 0 Å². The van der Waals surface area contributed by atoms with Crippen LogP contribution in [0.2, 0.25) is 0 Å². The first-order valence-corrected chi connectivity index (χ1v) is 5.56. The third-order valence-electron chi connectivity index (χ3n) is 0.859. The highest BCUT2D eigenvalue weighted by molar-refractivity contribution is 9.09. The smallest absolute Gasteiger partial charge is 0.0563 e. The number of halogens is 1. The first-order chi connectivity index (χ1) is 4.41. The van der Waals surface area contributed by atoms with E-state index in [9.17, 15) is 0 Å². The summed E-state index contributed by atoms with van der Waals surface area (Å²) in [4.78, 5) is 0. The molecule has 0 aliphatic rings. The van der Waals surface area contributed by atoms with Crippen LogP contribution in [0.5, 0.6) is 0 Å². The predicted molar refractivity (Wildman–Crippen MR) is 47.6 cm³/mol. The lowest BCUT2D eigenvalue weighted by atomic mass is 10.5. The van der Waals surface area contributed by atoms with Crippen LogP contribution in [0, 0.1) is 0 Å². The minimum Gasteiger partial charge on any atom is -0.381 e. The average Bonchev–Trinajstić information content (AvgIpc) is 1.89. The summed E-state index contributed by atoms with van der Waals surface area (Å²) in [5, 5.41) is 0.951. The molecule has 0 heterocycles. The average molecular weight is 213 g/mol. The Balaban J connectivity index is 2.60. The number of hydrogen-bond donors (Lipinski definition) is 0. The van der Waals surface area contributed by atoms with Crippen molar-refractivity contribution in [3.63, 3.8) is 0 Å². The molecule has 0 rings (SSSR count). The largest absolute Gasteiger partial charge is 0.381 e. The third-order valence-corrected chi connectivity index (χ3v) is 1.88. The Hall–Kier alpha value is 0.790. The van der Waals surface area contributed by atoms with Crippen molar-refractivity contribution in [2.24, 2.45) is 0 Å². The van der Waals surface area contributed by atoms with Crippen LogP contribution in [-0.4, -0.2) is 30.6 Å². The summed E-state index contributed by atoms with van der Waals surface area (Å²) < 4.78 is 5.22. The maximum atomic E-state index is 5.22. The highest BCUT2D eigenvalue weighted by atomic mass is 79.9. The van der Waals surface area contributed by atoms with E-state index in [1.807, 2.05) is 11.8 Å². The van der Waals surface area contributed by atoms with Crippen molar-refractivity contribution in [2.75, 3.05) is 30.6 Å². The minimum absolute atomic E-state index is 0.842. The Morgan fingerprint density at radius 3 is 2.78 bits per heavy atom. The minimum atomic E-state index is 0.842. The molecule has 0 radical (unpaired) electrons. The standard InChI is InChI=1S/C6H13BrOS/c1-9-6-2-4-8-5-3-7/h2-6H2,1H3. The van der Waals surface area contributed by atoms with Crippen LogP contribution in [0.15, 0.2) is 0 Å². The predicted octanol–water partition coefficient (Wildman–Crippen LogP) is 2.15. The Morgan fingerprint density at radius 1 is 1.44 bits per heavy atom. The molecule has 0 unspecified atom stereocenters. The van der Waals surface area contributed by atoms with Gasteiger partial charge in [-0.1, -0.05) is 15.9 Å². The maximum Gasteiger partial charge on any atom is 0.0563 e. The lowest BCUT2D eigenvalue weighted by Gasteiger charge is -1.98. The molecule has 0 aromatic carbocycles. The third kappa shape index (κ3) is 8.79. The van der Waals surface area contributed by atoms with Gasteiger partial charge in [0.15, 0.2) is 0 Å². The quantitative estimate of drug-likeness (QED) is 0.494. The van der Waals surface area contributed by atoms with E-state index < -0.39 is 0 Å². The van der Waals surface area contributed by atoms with E-state index in [0.29, 0.717) is 0 Å². The van der Waals surface area contributed by atoms with Gasteiger partial charge in [-0.3, -0.25) is 0 Å². The first-order valence-electron chi connectivity index (χ1n) is 3.04. The molecule has 0 spiro atoms. The Morgan fingerprint density at radius 2 is 2.22 bits per heavy atom. The molecule has 0 aliphatic carbocycles. The first kappa shape index (κ1) is 9.79. The zero-order chi connectivity index (χ0) is 6.95. The zero-order valence-electron chi connectivity index (χ0n) is 5.73. The van der Waals surface area contributed by atoms with Crippen LogP contribution in [0.25, 0.3) is 0 Å². The monoisotopic (exact) mass is 212 g/mol. The van der Waals surface area contributed by atoms with E-state index in [4.69, 9.17) is 4.74 Å². The molecule has 0 amide bonds. The van der Waals surface area contributed by atoms with Crippen molar-refractivity contribution in [3.05, 3.63) is 0 Å². The van der Waals surface area contributed by atoms with E-state index in [1.165, 1.54) is 12.2 Å². The second-order valence-electron chi connectivity index (χ2n) is 1.65. The number of thioether (sulfide) groups is 1. The summed E-state index contributed by atoms with van der Waals surface area (Å²) >= 11 is 5.16. The SMILES string of the molecule is CSCCCOCCBr. The molecule has 0 N–H and O–H groups in total. The molecule has 9 heavy (non-hydrogen) atoms. The van der Waals surface area contributed by atoms with Gasteiger partial charge in [-0.25, -0.2) is 0 Å². The van der Waals surface area contributed by atoms with E-state index in [2.05, 4.69) is 22.2 Å². The summed E-state index contributed by atoms with van der Waals surface area (Å²) in [5.41, 5.74) is 0. The van der Waals surface area contributed by atoms with Crippen molar-refractivity contribution in [1.29, 1.82) is 0 Å². The van der Waals surface area contributed by atoms with E-state index in [0.717, 1.165) is 18.5 Å². The molecule has 1 nitrogen and oxygen atoms in total. The van der Waals surface area contributed by atoms with E-state index in [-0.39, 0.29) is 0 Å². The maximum absolute atomic E-state index is 5.22. The molecule has 0 aliphatic heterocycles. The van der Waals surface area contributed by atoms with Gasteiger partial charge in [0.05, 0.1) is 6.61 Å². The highest BCUT2D eigenvalue weighted by Gasteiger charge is 1.85. The topological polar surface area (TPSA) is 9.23 Å². The summed E-state index contributed by atoms with van der Waals surface area (Å²) in [6.45, 7) is 1.75. The van der Waals surface area contributed by atoms with Gasteiger partial charge in [0, 0.05) is 11.9 Å². The second-order valence-corrected chi connectivity index (χ2v) is 3.43. The van der Waals surface area contributed by atoms with Crippen LogP contribution < -0.4 is 0 Å². The summed E-state index contributed by atoms with van der Waals surface area (Å²) in [7, 11) is 0.